The van der Waals surface area contributed by atoms with Gasteiger partial charge in [0.25, 0.3) is 0 Å². The molecule has 7 nitrogen and oxygen atoms in total. The number of anilines is 2. The van der Waals surface area contributed by atoms with Gasteiger partial charge in [0.2, 0.25) is 0 Å². The first kappa shape index (κ1) is 19.4. The van der Waals surface area contributed by atoms with E-state index in [0.29, 0.717) is 17.0 Å². The minimum absolute atomic E-state index is 0.00285. The van der Waals surface area contributed by atoms with E-state index in [4.69, 9.17) is 4.74 Å². The van der Waals surface area contributed by atoms with E-state index < -0.39 is 0 Å². The number of Topliss-reactive ketones (excluding diaryl/α,β-unsaturated/α-hetero) is 1. The normalized spacial score (nSPS) is 10.8. The molecule has 2 heterocycles. The Bertz CT molecular complexity index is 1400. The lowest BCUT2D eigenvalue weighted by atomic mass is 10.0. The summed E-state index contributed by atoms with van der Waals surface area (Å²) in [5, 5.41) is 11.4. The van der Waals surface area contributed by atoms with E-state index in [0.717, 1.165) is 33.8 Å². The van der Waals surface area contributed by atoms with Gasteiger partial charge >= 0.3 is 0 Å². The van der Waals surface area contributed by atoms with E-state index in [2.05, 4.69) is 25.5 Å². The van der Waals surface area contributed by atoms with Crippen molar-refractivity contribution in [1.82, 2.24) is 20.2 Å². The highest BCUT2D eigenvalue weighted by atomic mass is 16.5. The van der Waals surface area contributed by atoms with Gasteiger partial charge in [0.05, 0.1) is 11.1 Å². The molecule has 2 N–H and O–H groups in total. The van der Waals surface area contributed by atoms with Crippen LogP contribution >= 0.6 is 0 Å². The highest BCUT2D eigenvalue weighted by Gasteiger charge is 2.15. The van der Waals surface area contributed by atoms with Crippen molar-refractivity contribution in [2.45, 2.75) is 6.92 Å². The zero-order chi connectivity index (χ0) is 21.9. The van der Waals surface area contributed by atoms with Crippen LogP contribution in [0.25, 0.3) is 22.3 Å². The van der Waals surface area contributed by atoms with E-state index in [1.807, 2.05) is 72.8 Å². The smallest absolute Gasteiger partial charge is 0.186 e. The van der Waals surface area contributed by atoms with E-state index in [1.54, 1.807) is 13.0 Å². The molecule has 0 saturated heterocycles. The largest absolute Gasteiger partial charge is 0.457 e. The lowest BCUT2D eigenvalue weighted by Crippen LogP contribution is -1.96. The standard InChI is InChI=1S/C25H19N5O2/c1-16(31)17-6-5-7-18(14-17)23-22-24(26-15-27-25(22)30-29-23)28-19-10-12-21(13-11-19)32-20-8-3-2-4-9-20/h2-15H,1H3,(H2,26,27,28,29,30). The second kappa shape index (κ2) is 8.31. The van der Waals surface area contributed by atoms with Crippen molar-refractivity contribution < 1.29 is 9.53 Å². The lowest BCUT2D eigenvalue weighted by molar-refractivity contribution is 0.101. The number of benzene rings is 3. The fraction of sp³-hybridized carbons (Fsp3) is 0.0400. The number of fused-ring (bicyclic) bond motifs is 1. The molecule has 7 heteroatoms. The Labute approximate surface area is 184 Å². The number of hydrogen-bond donors (Lipinski definition) is 2. The molecule has 0 amide bonds. The Morgan fingerprint density at radius 3 is 2.47 bits per heavy atom. The molecular weight excluding hydrogens is 402 g/mol. The number of hydrogen-bond acceptors (Lipinski definition) is 6. The van der Waals surface area contributed by atoms with Gasteiger partial charge in [-0.25, -0.2) is 9.97 Å². The van der Waals surface area contributed by atoms with Crippen molar-refractivity contribution in [2.75, 3.05) is 5.32 Å². The molecule has 0 atom stereocenters. The van der Waals surface area contributed by atoms with Gasteiger partial charge in [-0.15, -0.1) is 0 Å². The summed E-state index contributed by atoms with van der Waals surface area (Å²) in [6.45, 7) is 1.55. The predicted molar refractivity (Wildman–Crippen MR) is 123 cm³/mol. The Hall–Kier alpha value is -4.52. The number of carbonyl (C=O) groups excluding carboxylic acids is 1. The number of H-pyrrole nitrogens is 1. The fourth-order valence-electron chi connectivity index (χ4n) is 3.42. The first-order chi connectivity index (χ1) is 15.7. The highest BCUT2D eigenvalue weighted by molar-refractivity contribution is 6.01. The van der Waals surface area contributed by atoms with Crippen LogP contribution in [-0.4, -0.2) is 25.9 Å². The molecule has 3 aromatic carbocycles. The maximum atomic E-state index is 11.8. The van der Waals surface area contributed by atoms with E-state index in [9.17, 15) is 4.79 Å². The van der Waals surface area contributed by atoms with Gasteiger partial charge in [-0.2, -0.15) is 5.10 Å². The third kappa shape index (κ3) is 3.91. The summed E-state index contributed by atoms with van der Waals surface area (Å²) < 4.78 is 5.85. The second-order valence-electron chi connectivity index (χ2n) is 7.22. The monoisotopic (exact) mass is 421 g/mol. The maximum Gasteiger partial charge on any atom is 0.186 e. The van der Waals surface area contributed by atoms with Gasteiger partial charge in [-0.05, 0) is 49.4 Å². The summed E-state index contributed by atoms with van der Waals surface area (Å²) >= 11 is 0. The number of nitrogens with one attached hydrogen (secondary N) is 2. The molecule has 0 radical (unpaired) electrons. The summed E-state index contributed by atoms with van der Waals surface area (Å²) in [5.74, 6) is 2.13. The number of aromatic amines is 1. The van der Waals surface area contributed by atoms with Crippen molar-refractivity contribution in [3.05, 3.63) is 90.8 Å². The zero-order valence-corrected chi connectivity index (χ0v) is 17.2. The van der Waals surface area contributed by atoms with Crippen molar-refractivity contribution in [3.63, 3.8) is 0 Å². The van der Waals surface area contributed by atoms with E-state index in [-0.39, 0.29) is 5.78 Å². The topological polar surface area (TPSA) is 92.8 Å². The molecule has 32 heavy (non-hydrogen) atoms. The van der Waals surface area contributed by atoms with Crippen LogP contribution in [0.5, 0.6) is 11.5 Å². The van der Waals surface area contributed by atoms with Crippen LogP contribution < -0.4 is 10.1 Å². The van der Waals surface area contributed by atoms with Crippen molar-refractivity contribution in [3.8, 4) is 22.8 Å². The minimum atomic E-state index is 0.00285. The molecule has 0 aliphatic rings. The van der Waals surface area contributed by atoms with Gasteiger partial charge in [0.1, 0.15) is 23.6 Å². The number of nitrogens with zero attached hydrogens (tertiary/aromatic N) is 3. The van der Waals surface area contributed by atoms with Crippen molar-refractivity contribution in [1.29, 1.82) is 0 Å². The van der Waals surface area contributed by atoms with Gasteiger partial charge in [-0.3, -0.25) is 9.89 Å². The van der Waals surface area contributed by atoms with Crippen LogP contribution in [0.1, 0.15) is 17.3 Å². The molecule has 156 valence electrons. The SMILES string of the molecule is CC(=O)c1cccc(-c2[nH]nc3ncnc(Nc4ccc(Oc5ccccc5)cc4)c23)c1. The summed E-state index contributed by atoms with van der Waals surface area (Å²) in [6.07, 6.45) is 1.47. The van der Waals surface area contributed by atoms with Gasteiger partial charge in [0.15, 0.2) is 11.4 Å². The molecule has 0 unspecified atom stereocenters. The van der Waals surface area contributed by atoms with Crippen molar-refractivity contribution >= 4 is 28.3 Å². The van der Waals surface area contributed by atoms with Crippen molar-refractivity contribution in [2.24, 2.45) is 0 Å². The lowest BCUT2D eigenvalue weighted by Gasteiger charge is -2.10. The number of ether oxygens (including phenoxy) is 1. The van der Waals surface area contributed by atoms with Crippen LogP contribution in [0.2, 0.25) is 0 Å². The van der Waals surface area contributed by atoms with Crippen LogP contribution in [0, 0.1) is 0 Å². The molecule has 0 saturated carbocycles. The summed E-state index contributed by atoms with van der Waals surface area (Å²) in [7, 11) is 0. The Balaban J connectivity index is 1.45. The highest BCUT2D eigenvalue weighted by Crippen LogP contribution is 2.32. The Morgan fingerprint density at radius 2 is 1.69 bits per heavy atom. The van der Waals surface area contributed by atoms with Crippen LogP contribution in [0.3, 0.4) is 0 Å². The average molecular weight is 421 g/mol. The molecule has 2 aromatic heterocycles. The molecule has 5 aromatic rings. The quantitative estimate of drug-likeness (QED) is 0.339. The van der Waals surface area contributed by atoms with Crippen LogP contribution in [0.4, 0.5) is 11.5 Å². The van der Waals surface area contributed by atoms with Gasteiger partial charge < -0.3 is 10.1 Å². The van der Waals surface area contributed by atoms with Gasteiger partial charge in [-0.1, -0.05) is 36.4 Å². The van der Waals surface area contributed by atoms with Gasteiger partial charge in [0, 0.05) is 16.8 Å². The first-order valence-corrected chi connectivity index (χ1v) is 10.1. The number of para-hydroxylation sites is 1. The molecule has 0 bridgehead atoms. The number of rotatable bonds is 6. The number of carbonyl (C=O) groups is 1. The summed E-state index contributed by atoms with van der Waals surface area (Å²) in [4.78, 5) is 20.5. The summed E-state index contributed by atoms with van der Waals surface area (Å²) in [5.41, 5.74) is 3.59. The first-order valence-electron chi connectivity index (χ1n) is 10.1. The van der Waals surface area contributed by atoms with Crippen LogP contribution in [0.15, 0.2) is 85.2 Å². The molecule has 0 spiro atoms. The molecule has 5 rings (SSSR count). The zero-order valence-electron chi connectivity index (χ0n) is 17.2. The number of aromatic nitrogens is 4. The molecular formula is C25H19N5O2. The van der Waals surface area contributed by atoms with Crippen LogP contribution in [-0.2, 0) is 0 Å². The van der Waals surface area contributed by atoms with E-state index in [1.165, 1.54) is 6.33 Å². The molecule has 0 fully saturated rings. The predicted octanol–water partition coefficient (Wildman–Crippen LogP) is 5.76. The third-order valence-electron chi connectivity index (χ3n) is 5.00. The molecule has 0 aliphatic carbocycles. The number of ketones is 1. The maximum absolute atomic E-state index is 11.8. The average Bonchev–Trinajstić information content (AvgIpc) is 3.26. The fourth-order valence-corrected chi connectivity index (χ4v) is 3.42. The van der Waals surface area contributed by atoms with E-state index >= 15 is 0 Å². The third-order valence-corrected chi connectivity index (χ3v) is 5.00. The Kier molecular flexibility index (Phi) is 5.05. The Morgan fingerprint density at radius 1 is 0.906 bits per heavy atom. The second-order valence-corrected chi connectivity index (χ2v) is 7.22. The molecule has 0 aliphatic heterocycles. The summed E-state index contributed by atoms with van der Waals surface area (Å²) in [6, 6.07) is 24.6. The minimum Gasteiger partial charge on any atom is -0.457 e.